The number of Topliss-reactive ketones (excluding diaryl/α,β-unsaturated/α-hetero) is 2. The van der Waals surface area contributed by atoms with Crippen LogP contribution in [-0.4, -0.2) is 46.9 Å². The number of ketones is 2. The molecule has 0 aromatic carbocycles. The molecule has 0 bridgehead atoms. The topological polar surface area (TPSA) is 34.1 Å². The molecule has 0 aromatic heterocycles. The molecule has 0 aromatic rings. The van der Waals surface area contributed by atoms with Crippen molar-refractivity contribution in [2.75, 3.05) is 0 Å². The first kappa shape index (κ1) is 21.7. The number of hydrogen-bond donors (Lipinski definition) is 0. The second kappa shape index (κ2) is 6.02. The lowest BCUT2D eigenvalue weighted by molar-refractivity contribution is -0.343. The summed E-state index contributed by atoms with van der Waals surface area (Å²) in [6, 6.07) is 0. The van der Waals surface area contributed by atoms with Crippen LogP contribution >= 0.6 is 0 Å². The molecule has 0 rings (SSSR count). The summed E-state index contributed by atoms with van der Waals surface area (Å²) >= 11 is 0. The minimum atomic E-state index is -6.59. The molecule has 0 aliphatic carbocycles. The fourth-order valence-corrected chi connectivity index (χ4v) is 0.875. The van der Waals surface area contributed by atoms with E-state index in [-0.39, 0.29) is 17.4 Å². The van der Waals surface area contributed by atoms with Gasteiger partial charge in [0, 0.05) is 22.8 Å². The zero-order valence-corrected chi connectivity index (χ0v) is 11.9. The molecule has 0 unspecified atom stereocenters. The Morgan fingerprint density at radius 2 is 1.15 bits per heavy atom. The van der Waals surface area contributed by atoms with Gasteiger partial charge in [0.15, 0.2) is 0 Å². The Bertz CT molecular complexity index is 382. The molecule has 0 saturated heterocycles. The van der Waals surface area contributed by atoms with Crippen molar-refractivity contribution < 1.29 is 40.3 Å². The molecule has 0 fully saturated rings. The van der Waals surface area contributed by atoms with Crippen molar-refractivity contribution in [1.82, 2.24) is 0 Å². The maximum atomic E-state index is 12.9. The van der Waals surface area contributed by atoms with Crippen molar-refractivity contribution in [1.29, 1.82) is 0 Å². The monoisotopic (exact) mass is 323 g/mol. The zero-order chi connectivity index (χ0) is 15.9. The number of rotatable bonds is 4. The van der Waals surface area contributed by atoms with E-state index in [0.717, 1.165) is 0 Å². The van der Waals surface area contributed by atoms with Crippen LogP contribution in [0.5, 0.6) is 0 Å². The average Bonchev–Trinajstić information content (AvgIpc) is 2.13. The quantitative estimate of drug-likeness (QED) is 0.453. The third-order valence-corrected chi connectivity index (χ3v) is 2.26. The van der Waals surface area contributed by atoms with Gasteiger partial charge >= 0.3 is 18.0 Å². The van der Waals surface area contributed by atoms with E-state index in [0.29, 0.717) is 0 Å². The minimum absolute atomic E-state index is 0. The number of halogens is 7. The Kier molecular flexibility index (Phi) is 6.52. The summed E-state index contributed by atoms with van der Waals surface area (Å²) < 4.78 is 86.1. The van der Waals surface area contributed by atoms with Gasteiger partial charge in [0.25, 0.3) is 0 Å². The van der Waals surface area contributed by atoms with Crippen molar-refractivity contribution in [3.8, 4) is 0 Å². The highest BCUT2D eigenvalue weighted by Crippen LogP contribution is 2.47. The predicted octanol–water partition coefficient (Wildman–Crippen LogP) is 3.01. The van der Waals surface area contributed by atoms with Crippen LogP contribution in [0.3, 0.4) is 0 Å². The van der Waals surface area contributed by atoms with Crippen molar-refractivity contribution in [3.05, 3.63) is 0 Å². The Morgan fingerprint density at radius 1 is 0.800 bits per heavy atom. The van der Waals surface area contributed by atoms with Gasteiger partial charge in [0.2, 0.25) is 5.78 Å². The number of alkyl halides is 7. The van der Waals surface area contributed by atoms with Crippen LogP contribution in [-0.2, 0) is 9.59 Å². The van der Waals surface area contributed by atoms with E-state index in [4.69, 9.17) is 0 Å². The predicted molar refractivity (Wildman–Crippen MR) is 55.8 cm³/mol. The molecule has 10 heteroatoms. The number of carbonyl (C=O) groups excluding carboxylic acids is 2. The summed E-state index contributed by atoms with van der Waals surface area (Å²) in [6.45, 7) is 3.63. The number of carbonyl (C=O) groups is 2. The molecular weight excluding hydrogens is 312 g/mol. The van der Waals surface area contributed by atoms with Crippen LogP contribution < -0.4 is 0 Å². The molecule has 2 nitrogen and oxygen atoms in total. The minimum Gasteiger partial charge on any atom is -0.299 e. The number of hydrogen-bond acceptors (Lipinski definition) is 2. The molecule has 20 heavy (non-hydrogen) atoms. The van der Waals surface area contributed by atoms with Crippen LogP contribution in [0.1, 0.15) is 27.2 Å². The lowest BCUT2D eigenvalue weighted by Crippen LogP contribution is -2.56. The van der Waals surface area contributed by atoms with E-state index in [1.165, 1.54) is 20.8 Å². The molecule has 0 saturated carbocycles. The van der Waals surface area contributed by atoms with Gasteiger partial charge in [-0.05, 0) is 0 Å². The third kappa shape index (κ3) is 4.19. The summed E-state index contributed by atoms with van der Waals surface area (Å²) in [7, 11) is 0. The highest BCUT2D eigenvalue weighted by Gasteiger charge is 2.75. The summed E-state index contributed by atoms with van der Waals surface area (Å²) in [5, 5.41) is 0. The largest absolute Gasteiger partial charge is 0.460 e. The van der Waals surface area contributed by atoms with Crippen molar-refractivity contribution in [3.63, 3.8) is 0 Å². The standard InChI is InChI=1S/C10H11F7O2.Al/c1-7(2,3)5(18)4-6(19)8(11,12)9(13,14)10(15,16)17;/h4H2,1-3H3;. The van der Waals surface area contributed by atoms with E-state index in [1.54, 1.807) is 0 Å². The van der Waals surface area contributed by atoms with Gasteiger partial charge in [0.05, 0.1) is 6.42 Å². The maximum Gasteiger partial charge on any atom is 0.460 e. The highest BCUT2D eigenvalue weighted by atomic mass is 27.0. The smallest absolute Gasteiger partial charge is 0.299 e. The lowest BCUT2D eigenvalue weighted by Gasteiger charge is -2.27. The van der Waals surface area contributed by atoms with Crippen LogP contribution in [0.2, 0.25) is 0 Å². The van der Waals surface area contributed by atoms with Gasteiger partial charge in [-0.25, -0.2) is 0 Å². The van der Waals surface area contributed by atoms with Gasteiger partial charge in [-0.15, -0.1) is 0 Å². The summed E-state index contributed by atoms with van der Waals surface area (Å²) in [6.07, 6.45) is -8.28. The second-order valence-electron chi connectivity index (χ2n) is 4.92. The van der Waals surface area contributed by atoms with Gasteiger partial charge < -0.3 is 0 Å². The van der Waals surface area contributed by atoms with E-state index in [1.807, 2.05) is 0 Å². The van der Waals surface area contributed by atoms with Gasteiger partial charge in [-0.1, -0.05) is 20.8 Å². The van der Waals surface area contributed by atoms with Crippen LogP contribution in [0.4, 0.5) is 30.7 Å². The van der Waals surface area contributed by atoms with Crippen molar-refractivity contribution in [2.24, 2.45) is 5.41 Å². The van der Waals surface area contributed by atoms with Crippen molar-refractivity contribution >= 4 is 28.9 Å². The first-order valence-corrected chi connectivity index (χ1v) is 4.94. The lowest BCUT2D eigenvalue weighted by atomic mass is 9.86. The summed E-state index contributed by atoms with van der Waals surface area (Å²) in [4.78, 5) is 22.1. The Balaban J connectivity index is 0. The summed E-state index contributed by atoms with van der Waals surface area (Å²) in [5.41, 5.74) is -1.31. The van der Waals surface area contributed by atoms with E-state index < -0.39 is 41.4 Å². The van der Waals surface area contributed by atoms with E-state index >= 15 is 0 Å². The average molecular weight is 323 g/mol. The molecule has 115 valence electrons. The molecular formula is C10H11AlF7O2. The molecule has 3 radical (unpaired) electrons. The van der Waals surface area contributed by atoms with Crippen molar-refractivity contribution in [2.45, 2.75) is 45.2 Å². The van der Waals surface area contributed by atoms with Gasteiger partial charge in [-0.2, -0.15) is 30.7 Å². The SMILES string of the molecule is CC(C)(C)C(=O)CC(=O)C(F)(F)C(F)(F)C(F)(F)F.[Al]. The fourth-order valence-electron chi connectivity index (χ4n) is 0.875. The normalized spacial score (nSPS) is 13.7. The zero-order valence-electron chi connectivity index (χ0n) is 10.7. The molecule has 0 atom stereocenters. The van der Waals surface area contributed by atoms with Gasteiger partial charge in [-0.3, -0.25) is 9.59 Å². The molecule has 0 amide bonds. The van der Waals surface area contributed by atoms with E-state index in [2.05, 4.69) is 0 Å². The van der Waals surface area contributed by atoms with E-state index in [9.17, 15) is 40.3 Å². The molecule has 0 aliphatic heterocycles. The highest BCUT2D eigenvalue weighted by molar-refractivity contribution is 6.04. The fraction of sp³-hybridized carbons (Fsp3) is 0.800. The first-order chi connectivity index (χ1) is 8.05. The molecule has 0 spiro atoms. The van der Waals surface area contributed by atoms with Crippen LogP contribution in [0, 0.1) is 5.41 Å². The summed E-state index contributed by atoms with van der Waals surface area (Å²) in [5.74, 6) is -16.4. The molecule has 0 heterocycles. The van der Waals surface area contributed by atoms with Gasteiger partial charge in [0.1, 0.15) is 5.78 Å². The maximum absolute atomic E-state index is 12.9. The first-order valence-electron chi connectivity index (χ1n) is 4.94. The third-order valence-electron chi connectivity index (χ3n) is 2.26. The Hall–Kier alpha value is -0.618. The Labute approximate surface area is 120 Å². The van der Waals surface area contributed by atoms with Crippen LogP contribution in [0.25, 0.3) is 0 Å². The second-order valence-corrected chi connectivity index (χ2v) is 4.92. The van der Waals surface area contributed by atoms with Crippen LogP contribution in [0.15, 0.2) is 0 Å². The molecule has 0 N–H and O–H groups in total. The molecule has 0 aliphatic rings. The Morgan fingerprint density at radius 3 is 1.40 bits per heavy atom.